The van der Waals surface area contributed by atoms with Crippen molar-refractivity contribution in [1.29, 1.82) is 0 Å². The van der Waals surface area contributed by atoms with Crippen LogP contribution in [0.3, 0.4) is 0 Å². The van der Waals surface area contributed by atoms with Crippen LogP contribution in [0.25, 0.3) is 0 Å². The largest absolute Gasteiger partial charge is 0.388 e. The molecule has 2 aromatic carbocycles. The summed E-state index contributed by atoms with van der Waals surface area (Å²) in [5, 5.41) is 10.3. The molecule has 0 heterocycles. The Labute approximate surface area is 121 Å². The van der Waals surface area contributed by atoms with Gasteiger partial charge in [-0.15, -0.1) is 0 Å². The molecular weight excluding hydrogens is 279 g/mol. The van der Waals surface area contributed by atoms with E-state index in [1.54, 1.807) is 6.07 Å². The average molecular weight is 295 g/mol. The Hall–Kier alpha value is -1.85. The van der Waals surface area contributed by atoms with Crippen molar-refractivity contribution in [3.05, 3.63) is 70.5 Å². The lowest BCUT2D eigenvalue weighted by molar-refractivity contribution is 0.138. The van der Waals surface area contributed by atoms with Gasteiger partial charge in [-0.3, -0.25) is 0 Å². The van der Waals surface area contributed by atoms with Crippen molar-refractivity contribution >= 4 is 0 Å². The van der Waals surface area contributed by atoms with Crippen LogP contribution in [0.15, 0.2) is 36.4 Å². The number of hydrogen-bond acceptors (Lipinski definition) is 2. The topological polar surface area (TPSA) is 46.2 Å². The maximum Gasteiger partial charge on any atom is 0.134 e. The second kappa shape index (κ2) is 6.28. The summed E-state index contributed by atoms with van der Waals surface area (Å²) in [6, 6.07) is 7.86. The van der Waals surface area contributed by atoms with Gasteiger partial charge in [-0.2, -0.15) is 0 Å². The zero-order valence-electron chi connectivity index (χ0n) is 11.5. The summed E-state index contributed by atoms with van der Waals surface area (Å²) < 4.78 is 41.2. The van der Waals surface area contributed by atoms with Gasteiger partial charge in [0.2, 0.25) is 0 Å². The van der Waals surface area contributed by atoms with E-state index >= 15 is 0 Å². The molecule has 0 aromatic heterocycles. The molecule has 2 rings (SSSR count). The Morgan fingerprint density at radius 1 is 1.14 bits per heavy atom. The molecule has 3 N–H and O–H groups in total. The second-order valence-electron chi connectivity index (χ2n) is 4.93. The summed E-state index contributed by atoms with van der Waals surface area (Å²) in [4.78, 5) is 0. The van der Waals surface area contributed by atoms with Crippen molar-refractivity contribution in [3.8, 4) is 0 Å². The highest BCUT2D eigenvalue weighted by Crippen LogP contribution is 2.34. The molecule has 0 aliphatic carbocycles. The van der Waals surface area contributed by atoms with Gasteiger partial charge in [0, 0.05) is 12.5 Å². The van der Waals surface area contributed by atoms with Crippen LogP contribution >= 0.6 is 0 Å². The average Bonchev–Trinajstić information content (AvgIpc) is 2.44. The first kappa shape index (κ1) is 15.5. The molecule has 0 radical (unpaired) electrons. The third-order valence-electron chi connectivity index (χ3n) is 3.53. The van der Waals surface area contributed by atoms with E-state index in [-0.39, 0.29) is 12.1 Å². The number of hydrogen-bond donors (Lipinski definition) is 2. The van der Waals surface area contributed by atoms with E-state index in [1.807, 2.05) is 0 Å². The molecule has 2 unspecified atom stereocenters. The summed E-state index contributed by atoms with van der Waals surface area (Å²) in [5.74, 6) is -2.95. The lowest BCUT2D eigenvalue weighted by Crippen LogP contribution is -2.22. The first-order chi connectivity index (χ1) is 9.95. The van der Waals surface area contributed by atoms with Crippen LogP contribution < -0.4 is 5.73 Å². The van der Waals surface area contributed by atoms with Gasteiger partial charge in [0.25, 0.3) is 0 Å². The zero-order valence-corrected chi connectivity index (χ0v) is 11.5. The molecule has 2 aromatic rings. The van der Waals surface area contributed by atoms with E-state index in [1.165, 1.54) is 31.2 Å². The summed E-state index contributed by atoms with van der Waals surface area (Å²) in [6.07, 6.45) is -1.49. The van der Waals surface area contributed by atoms with Gasteiger partial charge in [0.1, 0.15) is 17.5 Å². The minimum absolute atomic E-state index is 0.0720. The van der Waals surface area contributed by atoms with Gasteiger partial charge in [-0.05, 0) is 36.2 Å². The number of halogens is 3. The minimum Gasteiger partial charge on any atom is -0.388 e. The van der Waals surface area contributed by atoms with Crippen LogP contribution in [-0.4, -0.2) is 11.7 Å². The summed E-state index contributed by atoms with van der Waals surface area (Å²) in [5.41, 5.74) is 5.78. The Bertz CT molecular complexity index is 645. The van der Waals surface area contributed by atoms with Crippen molar-refractivity contribution in [2.24, 2.45) is 5.73 Å². The normalized spacial score (nSPS) is 14.0. The molecule has 0 saturated heterocycles. The second-order valence-corrected chi connectivity index (χ2v) is 4.93. The van der Waals surface area contributed by atoms with E-state index in [4.69, 9.17) is 5.73 Å². The molecule has 112 valence electrons. The molecule has 21 heavy (non-hydrogen) atoms. The SMILES string of the molecule is Cc1ccc(F)c(C(O)C(CN)c2cccc(F)c2)c1F. The molecule has 0 aliphatic heterocycles. The molecule has 0 bridgehead atoms. The Morgan fingerprint density at radius 2 is 1.86 bits per heavy atom. The third-order valence-corrected chi connectivity index (χ3v) is 3.53. The van der Waals surface area contributed by atoms with Gasteiger partial charge in [-0.1, -0.05) is 18.2 Å². The van der Waals surface area contributed by atoms with Crippen LogP contribution in [0.4, 0.5) is 13.2 Å². The molecule has 2 atom stereocenters. The molecule has 0 amide bonds. The lowest BCUT2D eigenvalue weighted by atomic mass is 9.88. The molecule has 0 spiro atoms. The molecule has 0 aliphatic rings. The summed E-state index contributed by atoms with van der Waals surface area (Å²) in [6.45, 7) is 1.40. The molecular formula is C16H16F3NO. The first-order valence-corrected chi connectivity index (χ1v) is 6.53. The number of rotatable bonds is 4. The van der Waals surface area contributed by atoms with Crippen LogP contribution in [0.1, 0.15) is 28.7 Å². The molecule has 5 heteroatoms. The minimum atomic E-state index is -1.49. The highest BCUT2D eigenvalue weighted by Gasteiger charge is 2.28. The fourth-order valence-electron chi connectivity index (χ4n) is 2.34. The fraction of sp³-hybridized carbons (Fsp3) is 0.250. The molecule has 0 saturated carbocycles. The standard InChI is InChI=1S/C16H16F3NO/c1-9-5-6-13(18)14(15(9)19)16(21)12(8-20)10-3-2-4-11(17)7-10/h2-7,12,16,21H,8,20H2,1H3. The lowest BCUT2D eigenvalue weighted by Gasteiger charge is -2.23. The quantitative estimate of drug-likeness (QED) is 0.910. The van der Waals surface area contributed by atoms with Crippen molar-refractivity contribution in [1.82, 2.24) is 0 Å². The Balaban J connectivity index is 2.46. The third kappa shape index (κ3) is 3.09. The van der Waals surface area contributed by atoms with Crippen molar-refractivity contribution in [2.45, 2.75) is 18.9 Å². The number of nitrogens with two attached hydrogens (primary N) is 1. The fourth-order valence-corrected chi connectivity index (χ4v) is 2.34. The number of aryl methyl sites for hydroxylation is 1. The van der Waals surface area contributed by atoms with Crippen LogP contribution in [-0.2, 0) is 0 Å². The predicted octanol–water partition coefficient (Wildman–Crippen LogP) is 3.19. The van der Waals surface area contributed by atoms with Gasteiger partial charge < -0.3 is 10.8 Å². The maximum atomic E-state index is 14.1. The highest BCUT2D eigenvalue weighted by atomic mass is 19.1. The summed E-state index contributed by atoms with van der Waals surface area (Å²) >= 11 is 0. The van der Waals surface area contributed by atoms with Crippen LogP contribution in [0.2, 0.25) is 0 Å². The van der Waals surface area contributed by atoms with E-state index in [0.29, 0.717) is 5.56 Å². The van der Waals surface area contributed by atoms with Crippen LogP contribution in [0.5, 0.6) is 0 Å². The summed E-state index contributed by atoms with van der Waals surface area (Å²) in [7, 11) is 0. The van der Waals surface area contributed by atoms with Gasteiger partial charge in [-0.25, -0.2) is 13.2 Å². The van der Waals surface area contributed by atoms with Crippen molar-refractivity contribution in [3.63, 3.8) is 0 Å². The van der Waals surface area contributed by atoms with Gasteiger partial charge in [0.05, 0.1) is 11.7 Å². The zero-order chi connectivity index (χ0) is 15.6. The number of aliphatic hydroxyl groups is 1. The van der Waals surface area contributed by atoms with E-state index < -0.39 is 35.0 Å². The Kier molecular flexibility index (Phi) is 4.65. The monoisotopic (exact) mass is 295 g/mol. The number of benzene rings is 2. The Morgan fingerprint density at radius 3 is 2.48 bits per heavy atom. The molecule has 0 fully saturated rings. The first-order valence-electron chi connectivity index (χ1n) is 6.53. The van der Waals surface area contributed by atoms with E-state index in [0.717, 1.165) is 6.07 Å². The van der Waals surface area contributed by atoms with Crippen molar-refractivity contribution < 1.29 is 18.3 Å². The van der Waals surface area contributed by atoms with Crippen LogP contribution in [0, 0.1) is 24.4 Å². The molecule has 2 nitrogen and oxygen atoms in total. The maximum absolute atomic E-state index is 14.1. The van der Waals surface area contributed by atoms with E-state index in [9.17, 15) is 18.3 Å². The van der Waals surface area contributed by atoms with Gasteiger partial charge in [0.15, 0.2) is 0 Å². The van der Waals surface area contributed by atoms with Crippen molar-refractivity contribution in [2.75, 3.05) is 6.54 Å². The highest BCUT2D eigenvalue weighted by molar-refractivity contribution is 5.32. The van der Waals surface area contributed by atoms with Gasteiger partial charge >= 0.3 is 0 Å². The smallest absolute Gasteiger partial charge is 0.134 e. The number of aliphatic hydroxyl groups excluding tert-OH is 1. The van der Waals surface area contributed by atoms with E-state index in [2.05, 4.69) is 0 Å². The predicted molar refractivity (Wildman–Crippen MR) is 74.3 cm³/mol.